The van der Waals surface area contributed by atoms with E-state index in [0.29, 0.717) is 36.9 Å². The summed E-state index contributed by atoms with van der Waals surface area (Å²) in [6.45, 7) is 4.86. The van der Waals surface area contributed by atoms with Crippen molar-refractivity contribution >= 4 is 45.1 Å². The van der Waals surface area contributed by atoms with Crippen LogP contribution in [0.1, 0.15) is 22.8 Å². The SMILES string of the molecule is CCOCCOc1ccccc1C(=O)NC(=S)NNC(=O)COc1ccc(Br)cc1C. The van der Waals surface area contributed by atoms with Gasteiger partial charge in [-0.1, -0.05) is 28.1 Å². The Morgan fingerprint density at radius 3 is 2.55 bits per heavy atom. The normalized spacial score (nSPS) is 10.2. The Morgan fingerprint density at radius 1 is 1.03 bits per heavy atom. The van der Waals surface area contributed by atoms with Crippen molar-refractivity contribution in [2.75, 3.05) is 26.4 Å². The molecule has 0 unspecified atom stereocenters. The summed E-state index contributed by atoms with van der Waals surface area (Å²) >= 11 is 8.43. The second-order valence-corrected chi connectivity index (χ2v) is 7.52. The fourth-order valence-electron chi connectivity index (χ4n) is 2.42. The van der Waals surface area contributed by atoms with Gasteiger partial charge >= 0.3 is 0 Å². The van der Waals surface area contributed by atoms with Crippen LogP contribution < -0.4 is 25.6 Å². The summed E-state index contributed by atoms with van der Waals surface area (Å²) in [7, 11) is 0. The summed E-state index contributed by atoms with van der Waals surface area (Å²) < 4.78 is 17.2. The smallest absolute Gasteiger partial charge is 0.276 e. The van der Waals surface area contributed by atoms with Crippen LogP contribution >= 0.6 is 28.1 Å². The first-order valence-electron chi connectivity index (χ1n) is 9.49. The Morgan fingerprint density at radius 2 is 1.81 bits per heavy atom. The van der Waals surface area contributed by atoms with Crippen LogP contribution in [0.5, 0.6) is 11.5 Å². The Hall–Kier alpha value is -2.69. The lowest BCUT2D eigenvalue weighted by molar-refractivity contribution is -0.123. The molecule has 2 aromatic rings. The standard InChI is InChI=1S/C21H24BrN3O5S/c1-3-28-10-11-29-18-7-5-4-6-16(18)20(27)23-21(31)25-24-19(26)13-30-17-9-8-15(22)12-14(17)2/h4-9,12H,3,10-11,13H2,1-2H3,(H,24,26)(H2,23,25,27,31). The number of para-hydroxylation sites is 1. The van der Waals surface area contributed by atoms with Crippen molar-refractivity contribution in [1.82, 2.24) is 16.2 Å². The maximum Gasteiger partial charge on any atom is 0.276 e. The van der Waals surface area contributed by atoms with Gasteiger partial charge in [0, 0.05) is 11.1 Å². The van der Waals surface area contributed by atoms with Crippen molar-refractivity contribution in [2.24, 2.45) is 0 Å². The van der Waals surface area contributed by atoms with E-state index in [9.17, 15) is 9.59 Å². The molecule has 166 valence electrons. The van der Waals surface area contributed by atoms with Gasteiger partial charge in [-0.05, 0) is 62.0 Å². The lowest BCUT2D eigenvalue weighted by atomic mass is 10.2. The number of ether oxygens (including phenoxy) is 3. The summed E-state index contributed by atoms with van der Waals surface area (Å²) in [5.74, 6) is 0.0686. The van der Waals surface area contributed by atoms with Crippen LogP contribution in [0.4, 0.5) is 0 Å². The van der Waals surface area contributed by atoms with Gasteiger partial charge in [-0.15, -0.1) is 0 Å². The molecule has 2 aromatic carbocycles. The Balaban J connectivity index is 1.79. The number of hydrazine groups is 1. The lowest BCUT2D eigenvalue weighted by Gasteiger charge is -2.14. The topological polar surface area (TPSA) is 97.9 Å². The summed E-state index contributed by atoms with van der Waals surface area (Å²) in [6.07, 6.45) is 0. The molecule has 2 amide bonds. The molecule has 3 N–H and O–H groups in total. The molecule has 0 aromatic heterocycles. The Kier molecular flexibility index (Phi) is 10.2. The number of benzene rings is 2. The lowest BCUT2D eigenvalue weighted by Crippen LogP contribution is -2.49. The molecule has 0 aliphatic rings. The molecule has 10 heteroatoms. The second-order valence-electron chi connectivity index (χ2n) is 6.20. The van der Waals surface area contributed by atoms with E-state index < -0.39 is 11.8 Å². The molecular weight excluding hydrogens is 486 g/mol. The zero-order chi connectivity index (χ0) is 22.6. The molecule has 0 saturated heterocycles. The van der Waals surface area contributed by atoms with Crippen LogP contribution in [0, 0.1) is 6.92 Å². The molecular formula is C21H24BrN3O5S. The number of aryl methyl sites for hydroxylation is 1. The Bertz CT molecular complexity index is 926. The number of amides is 2. The van der Waals surface area contributed by atoms with Gasteiger partial charge in [0.2, 0.25) is 0 Å². The van der Waals surface area contributed by atoms with E-state index in [-0.39, 0.29) is 11.7 Å². The molecule has 0 fully saturated rings. The van der Waals surface area contributed by atoms with E-state index >= 15 is 0 Å². The quantitative estimate of drug-likeness (QED) is 0.271. The van der Waals surface area contributed by atoms with Crippen LogP contribution in [-0.4, -0.2) is 43.4 Å². The van der Waals surface area contributed by atoms with Crippen LogP contribution in [0.2, 0.25) is 0 Å². The van der Waals surface area contributed by atoms with Crippen molar-refractivity contribution in [2.45, 2.75) is 13.8 Å². The fourth-order valence-corrected chi connectivity index (χ4v) is 3.04. The number of nitrogens with one attached hydrogen (secondary N) is 3. The third kappa shape index (κ3) is 8.52. The van der Waals surface area contributed by atoms with Crippen LogP contribution in [0.3, 0.4) is 0 Å². The summed E-state index contributed by atoms with van der Waals surface area (Å²) in [5.41, 5.74) is 6.05. The first-order chi connectivity index (χ1) is 14.9. The van der Waals surface area contributed by atoms with Gasteiger partial charge in [-0.3, -0.25) is 25.8 Å². The predicted octanol–water partition coefficient (Wildman–Crippen LogP) is 2.89. The van der Waals surface area contributed by atoms with Gasteiger partial charge in [0.15, 0.2) is 11.7 Å². The maximum absolute atomic E-state index is 12.5. The van der Waals surface area contributed by atoms with E-state index in [4.69, 9.17) is 26.4 Å². The molecule has 0 radical (unpaired) electrons. The number of halogens is 1. The van der Waals surface area contributed by atoms with Gasteiger partial charge in [-0.25, -0.2) is 0 Å². The van der Waals surface area contributed by atoms with Crippen LogP contribution in [0.25, 0.3) is 0 Å². The van der Waals surface area contributed by atoms with E-state index in [1.165, 1.54) is 0 Å². The third-order valence-electron chi connectivity index (χ3n) is 3.86. The van der Waals surface area contributed by atoms with E-state index in [0.717, 1.165) is 10.0 Å². The number of thiocarbonyl (C=S) groups is 1. The first-order valence-corrected chi connectivity index (χ1v) is 10.7. The van der Waals surface area contributed by atoms with E-state index in [2.05, 4.69) is 32.1 Å². The van der Waals surface area contributed by atoms with Crippen molar-refractivity contribution in [1.29, 1.82) is 0 Å². The summed E-state index contributed by atoms with van der Waals surface area (Å²) in [6, 6.07) is 12.2. The van der Waals surface area contributed by atoms with E-state index in [1.54, 1.807) is 30.3 Å². The molecule has 0 aliphatic heterocycles. The van der Waals surface area contributed by atoms with Crippen molar-refractivity contribution in [3.05, 3.63) is 58.1 Å². The molecule has 2 rings (SSSR count). The monoisotopic (exact) mass is 509 g/mol. The van der Waals surface area contributed by atoms with Gasteiger partial charge in [0.25, 0.3) is 11.8 Å². The highest BCUT2D eigenvalue weighted by Gasteiger charge is 2.14. The first kappa shape index (κ1) is 24.6. The predicted molar refractivity (Wildman–Crippen MR) is 124 cm³/mol. The summed E-state index contributed by atoms with van der Waals surface area (Å²) in [4.78, 5) is 24.5. The largest absolute Gasteiger partial charge is 0.490 e. The highest BCUT2D eigenvalue weighted by molar-refractivity contribution is 9.10. The third-order valence-corrected chi connectivity index (χ3v) is 4.56. The van der Waals surface area contributed by atoms with Crippen molar-refractivity contribution in [3.8, 4) is 11.5 Å². The molecule has 31 heavy (non-hydrogen) atoms. The number of hydrogen-bond acceptors (Lipinski definition) is 6. The van der Waals surface area contributed by atoms with Crippen molar-refractivity contribution < 1.29 is 23.8 Å². The summed E-state index contributed by atoms with van der Waals surface area (Å²) in [5, 5.41) is 2.42. The molecule has 0 atom stereocenters. The molecule has 0 aliphatic carbocycles. The minimum Gasteiger partial charge on any atom is -0.490 e. The second kappa shape index (κ2) is 12.9. The number of rotatable bonds is 9. The zero-order valence-corrected chi connectivity index (χ0v) is 19.6. The highest BCUT2D eigenvalue weighted by atomic mass is 79.9. The molecule has 0 heterocycles. The minimum atomic E-state index is -0.472. The van der Waals surface area contributed by atoms with E-state index in [1.807, 2.05) is 26.0 Å². The molecule has 0 bridgehead atoms. The minimum absolute atomic E-state index is 0.0673. The molecule has 0 saturated carbocycles. The van der Waals surface area contributed by atoms with Gasteiger partial charge in [0.1, 0.15) is 18.1 Å². The number of carbonyl (C=O) groups excluding carboxylic acids is 2. The average molecular weight is 510 g/mol. The maximum atomic E-state index is 12.5. The van der Waals surface area contributed by atoms with Gasteiger partial charge < -0.3 is 14.2 Å². The van der Waals surface area contributed by atoms with Crippen LogP contribution in [0.15, 0.2) is 46.9 Å². The molecule has 0 spiro atoms. The fraction of sp³-hybridized carbons (Fsp3) is 0.286. The van der Waals surface area contributed by atoms with Crippen LogP contribution in [-0.2, 0) is 9.53 Å². The number of carbonyl (C=O) groups is 2. The zero-order valence-electron chi connectivity index (χ0n) is 17.2. The number of hydrogen-bond donors (Lipinski definition) is 3. The Labute approximate surface area is 194 Å². The van der Waals surface area contributed by atoms with Gasteiger partial charge in [0.05, 0.1) is 12.2 Å². The van der Waals surface area contributed by atoms with Crippen molar-refractivity contribution in [3.63, 3.8) is 0 Å². The average Bonchev–Trinajstić information content (AvgIpc) is 2.75. The highest BCUT2D eigenvalue weighted by Crippen LogP contribution is 2.22. The van der Waals surface area contributed by atoms with Gasteiger partial charge in [-0.2, -0.15) is 0 Å². The molecule has 8 nitrogen and oxygen atoms in total.